The molecule has 2 N–H and O–H groups in total. The summed E-state index contributed by atoms with van der Waals surface area (Å²) in [6.45, 7) is 6.77. The zero-order valence-electron chi connectivity index (χ0n) is 10.7. The standard InChI is InChI=1S/C13H18ClN3/c1-8-9(14)5-6-10-11(8)16-12(17(10)4)13(2,3)7-15/h5-6H,7,15H2,1-4H3. The lowest BCUT2D eigenvalue weighted by atomic mass is 9.93. The Morgan fingerprint density at radius 1 is 1.41 bits per heavy atom. The first-order valence-electron chi connectivity index (χ1n) is 5.70. The molecule has 0 aliphatic heterocycles. The Bertz CT molecular complexity index is 570. The second-order valence-electron chi connectivity index (χ2n) is 5.12. The van der Waals surface area contributed by atoms with E-state index in [1.165, 1.54) is 0 Å². The third-order valence-electron chi connectivity index (χ3n) is 3.36. The lowest BCUT2D eigenvalue weighted by Crippen LogP contribution is -2.31. The van der Waals surface area contributed by atoms with E-state index in [9.17, 15) is 0 Å². The van der Waals surface area contributed by atoms with Gasteiger partial charge in [-0.25, -0.2) is 4.98 Å². The molecule has 0 amide bonds. The van der Waals surface area contributed by atoms with E-state index in [1.807, 2.05) is 26.1 Å². The molecule has 0 atom stereocenters. The molecule has 1 heterocycles. The van der Waals surface area contributed by atoms with Crippen molar-refractivity contribution >= 4 is 22.6 Å². The molecule has 92 valence electrons. The Morgan fingerprint density at radius 3 is 2.65 bits per heavy atom. The van der Waals surface area contributed by atoms with E-state index in [0.29, 0.717) is 6.54 Å². The number of nitrogens with zero attached hydrogens (tertiary/aromatic N) is 2. The highest BCUT2D eigenvalue weighted by Gasteiger charge is 2.25. The maximum atomic E-state index is 6.12. The van der Waals surface area contributed by atoms with E-state index < -0.39 is 0 Å². The Balaban J connectivity index is 2.77. The summed E-state index contributed by atoms with van der Waals surface area (Å²) in [5.41, 5.74) is 8.78. The summed E-state index contributed by atoms with van der Waals surface area (Å²) in [4.78, 5) is 4.71. The molecule has 0 bridgehead atoms. The number of hydrogen-bond donors (Lipinski definition) is 1. The fourth-order valence-electron chi connectivity index (χ4n) is 2.06. The van der Waals surface area contributed by atoms with E-state index in [4.69, 9.17) is 22.3 Å². The topological polar surface area (TPSA) is 43.8 Å². The monoisotopic (exact) mass is 251 g/mol. The molecule has 0 aliphatic carbocycles. The summed E-state index contributed by atoms with van der Waals surface area (Å²) >= 11 is 6.12. The van der Waals surface area contributed by atoms with Gasteiger partial charge in [-0.2, -0.15) is 0 Å². The summed E-state index contributed by atoms with van der Waals surface area (Å²) in [5, 5.41) is 0.757. The molecule has 17 heavy (non-hydrogen) atoms. The molecule has 0 aliphatic rings. The van der Waals surface area contributed by atoms with Crippen LogP contribution in [0.3, 0.4) is 0 Å². The van der Waals surface area contributed by atoms with Gasteiger partial charge in [0.2, 0.25) is 0 Å². The number of benzene rings is 1. The van der Waals surface area contributed by atoms with Crippen LogP contribution in [0.4, 0.5) is 0 Å². The zero-order valence-corrected chi connectivity index (χ0v) is 11.5. The molecule has 3 nitrogen and oxygen atoms in total. The number of rotatable bonds is 2. The quantitative estimate of drug-likeness (QED) is 0.892. The van der Waals surface area contributed by atoms with Crippen LogP contribution in [0.25, 0.3) is 11.0 Å². The van der Waals surface area contributed by atoms with Crippen molar-refractivity contribution in [3.63, 3.8) is 0 Å². The Labute approximate surface area is 107 Å². The van der Waals surface area contributed by atoms with Gasteiger partial charge in [0.15, 0.2) is 0 Å². The van der Waals surface area contributed by atoms with Crippen molar-refractivity contribution in [1.82, 2.24) is 9.55 Å². The van der Waals surface area contributed by atoms with Crippen LogP contribution in [-0.4, -0.2) is 16.1 Å². The first-order valence-corrected chi connectivity index (χ1v) is 6.08. The summed E-state index contributed by atoms with van der Waals surface area (Å²) in [6.07, 6.45) is 0. The zero-order chi connectivity index (χ0) is 12.8. The van der Waals surface area contributed by atoms with Crippen LogP contribution in [-0.2, 0) is 12.5 Å². The van der Waals surface area contributed by atoms with Crippen molar-refractivity contribution in [3.05, 3.63) is 28.5 Å². The molecular formula is C13H18ClN3. The van der Waals surface area contributed by atoms with Crippen LogP contribution in [0.5, 0.6) is 0 Å². The first-order chi connectivity index (χ1) is 7.88. The van der Waals surface area contributed by atoms with E-state index in [1.54, 1.807) is 0 Å². The highest BCUT2D eigenvalue weighted by Crippen LogP contribution is 2.29. The van der Waals surface area contributed by atoms with Gasteiger partial charge in [-0.3, -0.25) is 0 Å². The number of nitrogens with two attached hydrogens (primary N) is 1. The maximum absolute atomic E-state index is 6.12. The van der Waals surface area contributed by atoms with Crippen LogP contribution < -0.4 is 5.73 Å². The smallest absolute Gasteiger partial charge is 0.116 e. The van der Waals surface area contributed by atoms with Gasteiger partial charge in [-0.15, -0.1) is 0 Å². The fraction of sp³-hybridized carbons (Fsp3) is 0.462. The predicted octanol–water partition coefficient (Wildman–Crippen LogP) is 2.77. The molecular weight excluding hydrogens is 234 g/mol. The highest BCUT2D eigenvalue weighted by atomic mass is 35.5. The van der Waals surface area contributed by atoms with Crippen molar-refractivity contribution in [2.24, 2.45) is 12.8 Å². The Kier molecular flexibility index (Phi) is 2.92. The minimum absolute atomic E-state index is 0.132. The van der Waals surface area contributed by atoms with Crippen LogP contribution in [0.15, 0.2) is 12.1 Å². The van der Waals surface area contributed by atoms with E-state index in [2.05, 4.69) is 18.4 Å². The minimum Gasteiger partial charge on any atom is -0.331 e. The van der Waals surface area contributed by atoms with Gasteiger partial charge < -0.3 is 10.3 Å². The van der Waals surface area contributed by atoms with Crippen LogP contribution >= 0.6 is 11.6 Å². The number of fused-ring (bicyclic) bond motifs is 1. The van der Waals surface area contributed by atoms with Crippen molar-refractivity contribution in [3.8, 4) is 0 Å². The Hall–Kier alpha value is -1.06. The fourth-order valence-corrected chi connectivity index (χ4v) is 2.22. The molecule has 0 radical (unpaired) electrons. The molecule has 2 rings (SSSR count). The van der Waals surface area contributed by atoms with Crippen molar-refractivity contribution in [2.45, 2.75) is 26.2 Å². The summed E-state index contributed by atoms with van der Waals surface area (Å²) in [5.74, 6) is 1.00. The van der Waals surface area contributed by atoms with Crippen LogP contribution in [0.1, 0.15) is 25.2 Å². The summed E-state index contributed by atoms with van der Waals surface area (Å²) in [6, 6.07) is 3.92. The van der Waals surface area contributed by atoms with Gasteiger partial charge in [0.05, 0.1) is 11.0 Å². The number of aryl methyl sites for hydroxylation is 2. The number of hydrogen-bond acceptors (Lipinski definition) is 2. The third-order valence-corrected chi connectivity index (χ3v) is 3.77. The van der Waals surface area contributed by atoms with Gasteiger partial charge in [0, 0.05) is 24.0 Å². The molecule has 0 fully saturated rings. The van der Waals surface area contributed by atoms with Gasteiger partial charge in [0.1, 0.15) is 5.82 Å². The van der Waals surface area contributed by atoms with Crippen LogP contribution in [0, 0.1) is 6.92 Å². The molecule has 2 aromatic rings. The van der Waals surface area contributed by atoms with Gasteiger partial charge >= 0.3 is 0 Å². The van der Waals surface area contributed by atoms with Crippen molar-refractivity contribution in [2.75, 3.05) is 6.54 Å². The van der Waals surface area contributed by atoms with E-state index in [0.717, 1.165) is 27.4 Å². The SMILES string of the molecule is Cc1c(Cl)ccc2c1nc(C(C)(C)CN)n2C. The van der Waals surface area contributed by atoms with E-state index >= 15 is 0 Å². The van der Waals surface area contributed by atoms with Crippen molar-refractivity contribution in [1.29, 1.82) is 0 Å². The molecule has 1 aromatic carbocycles. The predicted molar refractivity (Wildman–Crippen MR) is 72.5 cm³/mol. The minimum atomic E-state index is -0.132. The molecule has 0 unspecified atom stereocenters. The second-order valence-corrected chi connectivity index (χ2v) is 5.53. The lowest BCUT2D eigenvalue weighted by Gasteiger charge is -2.21. The summed E-state index contributed by atoms with van der Waals surface area (Å²) < 4.78 is 2.10. The number of halogens is 1. The molecule has 0 spiro atoms. The number of aromatic nitrogens is 2. The highest BCUT2D eigenvalue weighted by molar-refractivity contribution is 6.32. The largest absolute Gasteiger partial charge is 0.331 e. The van der Waals surface area contributed by atoms with Gasteiger partial charge in [0.25, 0.3) is 0 Å². The molecule has 0 saturated heterocycles. The average Bonchev–Trinajstić information content (AvgIpc) is 2.63. The molecule has 4 heteroatoms. The average molecular weight is 252 g/mol. The van der Waals surface area contributed by atoms with Gasteiger partial charge in [-0.05, 0) is 24.6 Å². The second kappa shape index (κ2) is 4.00. The molecule has 0 saturated carbocycles. The lowest BCUT2D eigenvalue weighted by molar-refractivity contribution is 0.487. The summed E-state index contributed by atoms with van der Waals surface area (Å²) in [7, 11) is 2.02. The van der Waals surface area contributed by atoms with E-state index in [-0.39, 0.29) is 5.41 Å². The molecule has 1 aromatic heterocycles. The van der Waals surface area contributed by atoms with Crippen LogP contribution in [0.2, 0.25) is 5.02 Å². The normalized spacial score (nSPS) is 12.4. The first kappa shape index (κ1) is 12.4. The maximum Gasteiger partial charge on any atom is 0.116 e. The number of imidazole rings is 1. The van der Waals surface area contributed by atoms with Crippen molar-refractivity contribution < 1.29 is 0 Å². The van der Waals surface area contributed by atoms with Gasteiger partial charge in [-0.1, -0.05) is 25.4 Å². The third kappa shape index (κ3) is 1.83. The Morgan fingerprint density at radius 2 is 2.06 bits per heavy atom.